The van der Waals surface area contributed by atoms with Gasteiger partial charge >= 0.3 is 5.97 Å². The minimum atomic E-state index is -1.29. The van der Waals surface area contributed by atoms with Crippen LogP contribution in [0.1, 0.15) is 105 Å². The lowest BCUT2D eigenvalue weighted by atomic mass is 9.98. The number of nitrogens with one attached hydrogen (secondary N) is 9. The first-order chi connectivity index (χ1) is 37.0. The molecule has 22 heteroatoms. The molecule has 0 saturated carbocycles. The summed E-state index contributed by atoms with van der Waals surface area (Å²) < 4.78 is 0. The van der Waals surface area contributed by atoms with Gasteiger partial charge in [0.15, 0.2) is 0 Å². The zero-order valence-corrected chi connectivity index (χ0v) is 47.1. The molecule has 2 aromatic carbocycles. The number of fused-ring (bicyclic) bond motifs is 2. The monoisotopic (exact) mass is 1100 g/mol. The average molecular weight is 1100 g/mol. The van der Waals surface area contributed by atoms with Crippen molar-refractivity contribution in [2.24, 2.45) is 23.5 Å². The van der Waals surface area contributed by atoms with Gasteiger partial charge in [0, 0.05) is 53.6 Å². The van der Waals surface area contributed by atoms with Crippen LogP contribution in [-0.2, 0) is 56.0 Å². The molecule has 2 aromatic heterocycles. The van der Waals surface area contributed by atoms with E-state index in [2.05, 4.69) is 47.2 Å². The molecule has 0 bridgehead atoms. The van der Waals surface area contributed by atoms with Crippen LogP contribution >= 0.6 is 11.8 Å². The number of aliphatic carboxylic acids is 1. The van der Waals surface area contributed by atoms with E-state index in [9.17, 15) is 43.5 Å². The number of thioether (sulfide) groups is 1. The first kappa shape index (κ1) is 61.9. The number of benzene rings is 2. The number of carbonyl (C=O) groups is 9. The molecule has 0 radical (unpaired) electrons. The molecule has 1 saturated heterocycles. The van der Waals surface area contributed by atoms with Crippen molar-refractivity contribution in [3.8, 4) is 0 Å². The Morgan fingerprint density at radius 2 is 1.01 bits per heavy atom. The van der Waals surface area contributed by atoms with Crippen LogP contribution in [0.5, 0.6) is 0 Å². The molecule has 1 aliphatic heterocycles. The maximum Gasteiger partial charge on any atom is 0.325 e. The minimum Gasteiger partial charge on any atom is -0.480 e. The Morgan fingerprint density at radius 3 is 1.47 bits per heavy atom. The van der Waals surface area contributed by atoms with Crippen LogP contribution in [0.15, 0.2) is 60.9 Å². The third-order valence-corrected chi connectivity index (χ3v) is 14.3. The van der Waals surface area contributed by atoms with Crippen molar-refractivity contribution < 1.29 is 48.3 Å². The molecule has 12 N–H and O–H groups in total. The summed E-state index contributed by atoms with van der Waals surface area (Å²) in [5, 5.41) is 30.5. The number of para-hydroxylation sites is 2. The van der Waals surface area contributed by atoms with Gasteiger partial charge in [-0.2, -0.15) is 11.8 Å². The van der Waals surface area contributed by atoms with E-state index in [-0.39, 0.29) is 69.2 Å². The Bertz CT molecular complexity index is 2740. The predicted molar refractivity (Wildman–Crippen MR) is 301 cm³/mol. The molecule has 21 nitrogen and oxygen atoms in total. The molecule has 0 spiro atoms. The van der Waals surface area contributed by atoms with Gasteiger partial charge in [-0.1, -0.05) is 77.9 Å². The molecular formula is C56H81N11O10S. The van der Waals surface area contributed by atoms with Gasteiger partial charge in [-0.15, -0.1) is 0 Å². The minimum absolute atomic E-state index is 0.0201. The van der Waals surface area contributed by atoms with Gasteiger partial charge in [0.05, 0.1) is 6.04 Å². The number of carbonyl (C=O) groups excluding carboxylic acids is 8. The van der Waals surface area contributed by atoms with Crippen LogP contribution in [0.4, 0.5) is 0 Å². The second-order valence-corrected chi connectivity index (χ2v) is 22.7. The number of rotatable bonds is 29. The zero-order valence-electron chi connectivity index (χ0n) is 46.3. The van der Waals surface area contributed by atoms with E-state index in [0.717, 1.165) is 27.4 Å². The molecule has 1 fully saturated rings. The third kappa shape index (κ3) is 17.5. The second kappa shape index (κ2) is 29.2. The van der Waals surface area contributed by atoms with Gasteiger partial charge < -0.3 is 62.9 Å². The molecule has 4 aromatic rings. The highest BCUT2D eigenvalue weighted by Gasteiger charge is 2.41. The second-order valence-electron chi connectivity index (χ2n) is 21.7. The number of H-pyrrole nitrogens is 2. The van der Waals surface area contributed by atoms with E-state index >= 15 is 4.79 Å². The summed E-state index contributed by atoms with van der Waals surface area (Å²) >= 11 is 1.44. The van der Waals surface area contributed by atoms with Gasteiger partial charge in [0.2, 0.25) is 47.3 Å². The van der Waals surface area contributed by atoms with Crippen LogP contribution in [-0.4, -0.2) is 146 Å². The number of likely N-dealkylation sites (tertiary alicyclic amines) is 1. The normalized spacial score (nSPS) is 16.6. The molecule has 8 amide bonds. The summed E-state index contributed by atoms with van der Waals surface area (Å²) in [5.41, 5.74) is 8.91. The fourth-order valence-corrected chi connectivity index (χ4v) is 10.1. The summed E-state index contributed by atoms with van der Waals surface area (Å²) in [6, 6.07) is 4.85. The highest BCUT2D eigenvalue weighted by atomic mass is 32.2. The Labute approximate surface area is 460 Å². The average Bonchev–Trinajstić information content (AvgIpc) is 4.17. The lowest BCUT2D eigenvalue weighted by Gasteiger charge is -2.31. The van der Waals surface area contributed by atoms with Crippen molar-refractivity contribution >= 4 is 86.8 Å². The SMILES string of the molecule is CSCC[C@H](NC(=O)[C@H](CC(C)C)NC(=O)[C@H](CC(C)C)NC(=O)[C@H](Cc1c[nH]c2ccccc12)NC(=O)[C@@H]1CCCN1C(=O)[C@H](Cc1c[nH]c2ccccc12)NC(=O)[C@H](CC(C)C)NC(=O)[C@H](C)N)C(=O)N[C@@H](C)C(=O)O. The van der Waals surface area contributed by atoms with Gasteiger partial charge in [0.1, 0.15) is 48.3 Å². The highest BCUT2D eigenvalue weighted by molar-refractivity contribution is 7.98. The largest absolute Gasteiger partial charge is 0.480 e. The molecular weight excluding hydrogens is 1020 g/mol. The van der Waals surface area contributed by atoms with E-state index in [4.69, 9.17) is 5.73 Å². The maximum absolute atomic E-state index is 15.0. The van der Waals surface area contributed by atoms with Crippen LogP contribution < -0.4 is 43.0 Å². The van der Waals surface area contributed by atoms with E-state index < -0.39 is 108 Å². The summed E-state index contributed by atoms with van der Waals surface area (Å²) in [6.45, 7) is 14.2. The smallest absolute Gasteiger partial charge is 0.325 e. The lowest BCUT2D eigenvalue weighted by molar-refractivity contribution is -0.142. The first-order valence-corrected chi connectivity index (χ1v) is 28.4. The fourth-order valence-electron chi connectivity index (χ4n) is 9.60. The lowest BCUT2D eigenvalue weighted by Crippen LogP contribution is -2.60. The van der Waals surface area contributed by atoms with Crippen molar-refractivity contribution in [2.45, 2.75) is 161 Å². The van der Waals surface area contributed by atoms with E-state index in [1.54, 1.807) is 12.4 Å². The van der Waals surface area contributed by atoms with Crippen LogP contribution in [0.25, 0.3) is 21.8 Å². The molecule has 5 rings (SSSR count). The summed E-state index contributed by atoms with van der Waals surface area (Å²) in [5.74, 6) is -6.08. The predicted octanol–water partition coefficient (Wildman–Crippen LogP) is 3.16. The molecule has 1 aliphatic rings. The van der Waals surface area contributed by atoms with E-state index in [1.807, 2.05) is 96.3 Å². The zero-order chi connectivity index (χ0) is 57.4. The summed E-state index contributed by atoms with van der Waals surface area (Å²) in [7, 11) is 0. The van der Waals surface area contributed by atoms with Crippen LogP contribution in [0, 0.1) is 17.8 Å². The number of aromatic amines is 2. The van der Waals surface area contributed by atoms with Crippen molar-refractivity contribution in [3.63, 3.8) is 0 Å². The summed E-state index contributed by atoms with van der Waals surface area (Å²) in [4.78, 5) is 133. The summed E-state index contributed by atoms with van der Waals surface area (Å²) in [6.07, 6.45) is 6.77. The molecule has 3 heterocycles. The van der Waals surface area contributed by atoms with Crippen molar-refractivity contribution in [2.75, 3.05) is 18.6 Å². The molecule has 78 heavy (non-hydrogen) atoms. The number of hydrogen-bond donors (Lipinski definition) is 11. The standard InChI is InChI=1S/C56H81N11O10S/c1-30(2)23-42(62-48(68)33(7)57)52(72)66-46(27-36-29-59-40-18-13-11-16-38(36)40)55(75)67-21-14-19-47(67)54(74)65-45(26-35-28-58-39-17-12-10-15-37(35)39)53(73)64-44(25-32(5)6)51(71)63-43(24-31(3)4)50(70)61-41(20-22-78-9)49(69)60-34(8)56(76)77/h10-13,15-18,28-34,41-47,58-59H,14,19-27,57H2,1-9H3,(H,60,69)(H,61,70)(H,62,68)(H,63,71)(H,64,73)(H,65,74)(H,66,72)(H,76,77)/t33-,34-,41-,42-,43-,44-,45-,46-,47-/m0/s1. The number of carboxylic acid groups (broad SMARTS) is 1. The quantitative estimate of drug-likeness (QED) is 0.0374. The van der Waals surface area contributed by atoms with Gasteiger partial charge in [0.25, 0.3) is 0 Å². The Morgan fingerprint density at radius 1 is 0.590 bits per heavy atom. The molecule has 0 aliphatic carbocycles. The number of hydrogen-bond acceptors (Lipinski definition) is 11. The van der Waals surface area contributed by atoms with Crippen molar-refractivity contribution in [1.82, 2.24) is 52.1 Å². The number of aromatic nitrogens is 2. The number of carboxylic acids is 1. The molecule has 9 atom stereocenters. The Hall–Kier alpha value is -6.94. The van der Waals surface area contributed by atoms with Crippen molar-refractivity contribution in [1.29, 1.82) is 0 Å². The van der Waals surface area contributed by atoms with Gasteiger partial charge in [-0.3, -0.25) is 43.2 Å². The van der Waals surface area contributed by atoms with Crippen LogP contribution in [0.2, 0.25) is 0 Å². The number of nitrogens with zero attached hydrogens (tertiary/aromatic N) is 1. The van der Waals surface area contributed by atoms with Gasteiger partial charge in [-0.05, 0) is 105 Å². The number of nitrogens with two attached hydrogens (primary N) is 1. The van der Waals surface area contributed by atoms with Crippen molar-refractivity contribution in [3.05, 3.63) is 72.1 Å². The highest BCUT2D eigenvalue weighted by Crippen LogP contribution is 2.25. The van der Waals surface area contributed by atoms with E-state index in [0.29, 0.717) is 17.7 Å². The van der Waals surface area contributed by atoms with E-state index in [1.165, 1.54) is 30.5 Å². The third-order valence-electron chi connectivity index (χ3n) is 13.7. The molecule has 0 unspecified atom stereocenters. The number of amides is 8. The Balaban J connectivity index is 1.43. The fraction of sp³-hybridized carbons (Fsp3) is 0.554. The van der Waals surface area contributed by atoms with Gasteiger partial charge in [-0.25, -0.2) is 0 Å². The maximum atomic E-state index is 15.0. The first-order valence-electron chi connectivity index (χ1n) is 27.0. The topological polar surface area (TPSA) is 319 Å². The Kier molecular flexibility index (Phi) is 23.1. The molecule has 426 valence electrons. The van der Waals surface area contributed by atoms with Crippen LogP contribution in [0.3, 0.4) is 0 Å².